The number of amides is 2. The number of benzene rings is 1. The molecule has 0 saturated heterocycles. The van der Waals surface area contributed by atoms with Gasteiger partial charge in [0.25, 0.3) is 17.4 Å². The third-order valence-electron chi connectivity index (χ3n) is 4.95. The molecule has 11 heteroatoms. The Balaban J connectivity index is 1.57. The molecular formula is C20H17F3N4O3S. The van der Waals surface area contributed by atoms with Crippen molar-refractivity contribution in [1.82, 2.24) is 14.9 Å². The summed E-state index contributed by atoms with van der Waals surface area (Å²) in [5.74, 6) is -0.681. The second kappa shape index (κ2) is 7.80. The van der Waals surface area contributed by atoms with Crippen LogP contribution in [-0.4, -0.2) is 34.1 Å². The second-order valence-corrected chi connectivity index (χ2v) is 8.16. The van der Waals surface area contributed by atoms with Crippen LogP contribution in [0.25, 0.3) is 10.2 Å². The molecule has 1 aliphatic heterocycles. The zero-order valence-corrected chi connectivity index (χ0v) is 17.1. The van der Waals surface area contributed by atoms with E-state index in [1.54, 1.807) is 16.8 Å². The Hall–Kier alpha value is -3.21. The Morgan fingerprint density at radius 3 is 2.77 bits per heavy atom. The SMILES string of the molecule is Cc1c(C(=O)Nc2cccc(C(=O)NCC(F)(F)F)c2)sc2nc3n(c(=O)c12)CCC3. The lowest BCUT2D eigenvalue weighted by Gasteiger charge is -2.10. The van der Waals surface area contributed by atoms with Crippen LogP contribution in [-0.2, 0) is 13.0 Å². The minimum Gasteiger partial charge on any atom is -0.343 e. The molecule has 2 aromatic heterocycles. The molecule has 4 rings (SSSR count). The average molecular weight is 450 g/mol. The standard InChI is InChI=1S/C20H17F3N4O3S/c1-10-14-18(26-13-6-3-7-27(13)19(14)30)31-15(10)17(29)25-12-5-2-4-11(8-12)16(28)24-9-20(21,22)23/h2,4-5,8H,3,6-7,9H2,1H3,(H,24,28)(H,25,29). The van der Waals surface area contributed by atoms with Gasteiger partial charge in [0, 0.05) is 24.2 Å². The number of hydrogen-bond donors (Lipinski definition) is 2. The van der Waals surface area contributed by atoms with Crippen LogP contribution in [0.4, 0.5) is 18.9 Å². The van der Waals surface area contributed by atoms with Gasteiger partial charge in [0.1, 0.15) is 17.2 Å². The van der Waals surface area contributed by atoms with Crippen LogP contribution in [0, 0.1) is 6.92 Å². The molecule has 1 aliphatic rings. The van der Waals surface area contributed by atoms with E-state index in [1.165, 1.54) is 24.3 Å². The Morgan fingerprint density at radius 1 is 1.26 bits per heavy atom. The van der Waals surface area contributed by atoms with Crippen molar-refractivity contribution < 1.29 is 22.8 Å². The number of nitrogens with one attached hydrogen (secondary N) is 2. The first-order valence-corrected chi connectivity index (χ1v) is 10.2. The zero-order chi connectivity index (χ0) is 22.3. The first-order chi connectivity index (χ1) is 14.6. The Kier molecular flexibility index (Phi) is 5.29. The van der Waals surface area contributed by atoms with Crippen LogP contribution in [0.15, 0.2) is 29.1 Å². The number of anilines is 1. The van der Waals surface area contributed by atoms with Gasteiger partial charge in [-0.1, -0.05) is 6.07 Å². The van der Waals surface area contributed by atoms with E-state index in [1.807, 2.05) is 0 Å². The predicted octanol–water partition coefficient (Wildman–Crippen LogP) is 3.26. The molecule has 2 N–H and O–H groups in total. The first kappa shape index (κ1) is 21.0. The van der Waals surface area contributed by atoms with Gasteiger partial charge in [0.05, 0.1) is 10.3 Å². The molecule has 0 bridgehead atoms. The maximum atomic E-state index is 12.8. The van der Waals surface area contributed by atoms with Crippen molar-refractivity contribution in [2.24, 2.45) is 0 Å². The van der Waals surface area contributed by atoms with Crippen molar-refractivity contribution in [3.8, 4) is 0 Å². The topological polar surface area (TPSA) is 93.1 Å². The van der Waals surface area contributed by atoms with Gasteiger partial charge in [0.15, 0.2) is 0 Å². The van der Waals surface area contributed by atoms with Crippen LogP contribution in [0.3, 0.4) is 0 Å². The average Bonchev–Trinajstić information content (AvgIpc) is 3.31. The number of carbonyl (C=O) groups is 2. The van der Waals surface area contributed by atoms with Crippen LogP contribution in [0.5, 0.6) is 0 Å². The normalized spacial score (nSPS) is 13.3. The molecule has 2 amide bonds. The minimum atomic E-state index is -4.52. The number of carbonyl (C=O) groups excluding carboxylic acids is 2. The number of fused-ring (bicyclic) bond motifs is 2. The minimum absolute atomic E-state index is 0.0218. The molecule has 162 valence electrons. The maximum Gasteiger partial charge on any atom is 0.405 e. The number of alkyl halides is 3. The number of hydrogen-bond acceptors (Lipinski definition) is 5. The lowest BCUT2D eigenvalue weighted by Crippen LogP contribution is -2.33. The first-order valence-electron chi connectivity index (χ1n) is 9.43. The van der Waals surface area contributed by atoms with Gasteiger partial charge in [-0.3, -0.25) is 19.0 Å². The highest BCUT2D eigenvalue weighted by molar-refractivity contribution is 7.20. The van der Waals surface area contributed by atoms with Gasteiger partial charge in [-0.05, 0) is 37.1 Å². The van der Waals surface area contributed by atoms with E-state index >= 15 is 0 Å². The summed E-state index contributed by atoms with van der Waals surface area (Å²) in [6.07, 6.45) is -2.95. The fourth-order valence-corrected chi connectivity index (χ4v) is 4.59. The highest BCUT2D eigenvalue weighted by Crippen LogP contribution is 2.29. The van der Waals surface area contributed by atoms with Gasteiger partial charge in [0.2, 0.25) is 0 Å². The number of aromatic nitrogens is 2. The quantitative estimate of drug-likeness (QED) is 0.638. The number of aryl methyl sites for hydroxylation is 2. The van der Waals surface area contributed by atoms with Crippen LogP contribution < -0.4 is 16.2 Å². The van der Waals surface area contributed by atoms with E-state index in [0.717, 1.165) is 17.8 Å². The van der Waals surface area contributed by atoms with Gasteiger partial charge >= 0.3 is 6.18 Å². The molecule has 0 unspecified atom stereocenters. The van der Waals surface area contributed by atoms with Crippen molar-refractivity contribution in [3.63, 3.8) is 0 Å². The fourth-order valence-electron chi connectivity index (χ4n) is 3.50. The van der Waals surface area contributed by atoms with Crippen LogP contribution in [0.1, 0.15) is 37.8 Å². The van der Waals surface area contributed by atoms with Crippen LogP contribution >= 0.6 is 11.3 Å². The van der Waals surface area contributed by atoms with Crippen molar-refractivity contribution in [1.29, 1.82) is 0 Å². The van der Waals surface area contributed by atoms with E-state index < -0.39 is 24.5 Å². The summed E-state index contributed by atoms with van der Waals surface area (Å²) >= 11 is 1.11. The lowest BCUT2D eigenvalue weighted by molar-refractivity contribution is -0.123. The monoisotopic (exact) mass is 450 g/mol. The van der Waals surface area contributed by atoms with E-state index in [9.17, 15) is 27.6 Å². The van der Waals surface area contributed by atoms with Gasteiger partial charge in [-0.25, -0.2) is 4.98 Å². The molecule has 0 saturated carbocycles. The highest BCUT2D eigenvalue weighted by atomic mass is 32.1. The highest BCUT2D eigenvalue weighted by Gasteiger charge is 2.28. The molecule has 0 spiro atoms. The molecule has 3 heterocycles. The van der Waals surface area contributed by atoms with Gasteiger partial charge in [-0.2, -0.15) is 13.2 Å². The Labute approximate surface area is 177 Å². The van der Waals surface area contributed by atoms with Crippen molar-refractivity contribution in [2.75, 3.05) is 11.9 Å². The van der Waals surface area contributed by atoms with Gasteiger partial charge < -0.3 is 10.6 Å². The summed E-state index contributed by atoms with van der Waals surface area (Å²) in [6.45, 7) is 0.840. The van der Waals surface area contributed by atoms with Crippen molar-refractivity contribution in [3.05, 3.63) is 56.4 Å². The van der Waals surface area contributed by atoms with E-state index in [-0.39, 0.29) is 16.8 Å². The van der Waals surface area contributed by atoms with Crippen molar-refractivity contribution >= 4 is 39.1 Å². The van der Waals surface area contributed by atoms with Crippen molar-refractivity contribution in [2.45, 2.75) is 32.5 Å². The van der Waals surface area contributed by atoms with Gasteiger partial charge in [-0.15, -0.1) is 11.3 Å². The number of halogens is 3. The Bertz CT molecular complexity index is 1260. The number of nitrogens with zero attached hydrogens (tertiary/aromatic N) is 2. The van der Waals surface area contributed by atoms with E-state index in [2.05, 4.69) is 10.3 Å². The number of thiophene rings is 1. The summed E-state index contributed by atoms with van der Waals surface area (Å²) in [7, 11) is 0. The third-order valence-corrected chi connectivity index (χ3v) is 6.13. The Morgan fingerprint density at radius 2 is 2.03 bits per heavy atom. The molecule has 0 atom stereocenters. The van der Waals surface area contributed by atoms with E-state index in [4.69, 9.17) is 0 Å². The molecule has 31 heavy (non-hydrogen) atoms. The fraction of sp³-hybridized carbons (Fsp3) is 0.300. The number of rotatable bonds is 4. The molecule has 0 fully saturated rings. The summed E-state index contributed by atoms with van der Waals surface area (Å²) in [4.78, 5) is 42.9. The molecule has 1 aromatic carbocycles. The molecule has 0 radical (unpaired) electrons. The summed E-state index contributed by atoms with van der Waals surface area (Å²) in [6, 6.07) is 5.60. The molecule has 7 nitrogen and oxygen atoms in total. The molecule has 0 aliphatic carbocycles. The summed E-state index contributed by atoms with van der Waals surface area (Å²) in [5, 5.41) is 4.84. The largest absolute Gasteiger partial charge is 0.405 e. The maximum absolute atomic E-state index is 12.8. The summed E-state index contributed by atoms with van der Waals surface area (Å²) < 4.78 is 38.5. The molecule has 3 aromatic rings. The summed E-state index contributed by atoms with van der Waals surface area (Å²) in [5.41, 5.74) is 0.588. The predicted molar refractivity (Wildman–Crippen MR) is 110 cm³/mol. The lowest BCUT2D eigenvalue weighted by atomic mass is 10.1. The third kappa shape index (κ3) is 4.18. The smallest absolute Gasteiger partial charge is 0.343 e. The molecular weight excluding hydrogens is 433 g/mol. The zero-order valence-electron chi connectivity index (χ0n) is 16.3. The van der Waals surface area contributed by atoms with Crippen LogP contribution in [0.2, 0.25) is 0 Å². The second-order valence-electron chi connectivity index (χ2n) is 7.16. The van der Waals surface area contributed by atoms with E-state index in [0.29, 0.717) is 39.4 Å².